The predicted molar refractivity (Wildman–Crippen MR) is 39.6 cm³/mol. The standard InChI is InChI=1S/C6H9N3O4/c7-9-8-3-5(11)4(10)2-1-12-6(3)13-2/h2-6,10-11H,1H2/t2-,3+,4-,5?,6?/m1/s1. The fourth-order valence-electron chi connectivity index (χ4n) is 1.56. The first kappa shape index (κ1) is 8.74. The molecule has 0 aromatic carbocycles. The van der Waals surface area contributed by atoms with E-state index in [0.29, 0.717) is 0 Å². The number of nitrogens with zero attached hydrogens (tertiary/aromatic N) is 3. The molecule has 2 fully saturated rings. The van der Waals surface area contributed by atoms with E-state index < -0.39 is 30.6 Å². The third-order valence-corrected chi connectivity index (χ3v) is 2.28. The second-order valence-corrected chi connectivity index (χ2v) is 3.05. The van der Waals surface area contributed by atoms with E-state index in [2.05, 4.69) is 10.0 Å². The molecule has 0 aromatic heterocycles. The Labute approximate surface area is 73.5 Å². The van der Waals surface area contributed by atoms with Gasteiger partial charge in [0, 0.05) is 4.91 Å². The summed E-state index contributed by atoms with van der Waals surface area (Å²) in [6.45, 7) is 0.223. The molecule has 0 saturated carbocycles. The maximum Gasteiger partial charge on any atom is 0.169 e. The number of aliphatic hydroxyl groups excluding tert-OH is 2. The van der Waals surface area contributed by atoms with Crippen LogP contribution in [0.3, 0.4) is 0 Å². The summed E-state index contributed by atoms with van der Waals surface area (Å²) in [4.78, 5) is 2.55. The van der Waals surface area contributed by atoms with Crippen LogP contribution in [0.5, 0.6) is 0 Å². The minimum absolute atomic E-state index is 0.223. The number of rotatable bonds is 1. The third kappa shape index (κ3) is 1.27. The minimum Gasteiger partial charge on any atom is -0.390 e. The highest BCUT2D eigenvalue weighted by molar-refractivity contribution is 4.96. The first-order valence-corrected chi connectivity index (χ1v) is 3.91. The van der Waals surface area contributed by atoms with Gasteiger partial charge in [-0.1, -0.05) is 5.11 Å². The fraction of sp³-hybridized carbons (Fsp3) is 1.00. The molecule has 13 heavy (non-hydrogen) atoms. The van der Waals surface area contributed by atoms with Gasteiger partial charge in [0.15, 0.2) is 6.29 Å². The van der Waals surface area contributed by atoms with Crippen LogP contribution in [0.15, 0.2) is 5.11 Å². The lowest BCUT2D eigenvalue weighted by Crippen LogP contribution is -2.52. The summed E-state index contributed by atoms with van der Waals surface area (Å²) in [5.74, 6) is 0. The number of hydrogen-bond acceptors (Lipinski definition) is 5. The molecule has 2 aliphatic heterocycles. The van der Waals surface area contributed by atoms with Gasteiger partial charge in [0.2, 0.25) is 0 Å². The molecule has 0 spiro atoms. The van der Waals surface area contributed by atoms with Gasteiger partial charge in [-0.25, -0.2) is 0 Å². The number of hydrogen-bond donors (Lipinski definition) is 2. The molecule has 5 atom stereocenters. The van der Waals surface area contributed by atoms with E-state index in [4.69, 9.17) is 15.0 Å². The molecule has 7 heteroatoms. The van der Waals surface area contributed by atoms with Crippen molar-refractivity contribution >= 4 is 0 Å². The summed E-state index contributed by atoms with van der Waals surface area (Å²) in [7, 11) is 0. The minimum atomic E-state index is -1.11. The molecule has 7 nitrogen and oxygen atoms in total. The average molecular weight is 187 g/mol. The van der Waals surface area contributed by atoms with E-state index in [9.17, 15) is 10.2 Å². The maximum absolute atomic E-state index is 9.47. The third-order valence-electron chi connectivity index (χ3n) is 2.28. The van der Waals surface area contributed by atoms with Crippen molar-refractivity contribution in [3.05, 3.63) is 10.4 Å². The van der Waals surface area contributed by atoms with Crippen LogP contribution in [0.4, 0.5) is 0 Å². The summed E-state index contributed by atoms with van der Waals surface area (Å²) in [5, 5.41) is 22.2. The van der Waals surface area contributed by atoms with Crippen LogP contribution in [-0.4, -0.2) is 47.5 Å². The van der Waals surface area contributed by atoms with Gasteiger partial charge < -0.3 is 19.7 Å². The van der Waals surface area contributed by atoms with Crippen molar-refractivity contribution in [3.63, 3.8) is 0 Å². The summed E-state index contributed by atoms with van der Waals surface area (Å²) >= 11 is 0. The van der Waals surface area contributed by atoms with Gasteiger partial charge in [0.05, 0.1) is 12.7 Å². The molecule has 2 saturated heterocycles. The van der Waals surface area contributed by atoms with Gasteiger partial charge in [0.25, 0.3) is 0 Å². The van der Waals surface area contributed by atoms with E-state index in [1.54, 1.807) is 0 Å². The molecule has 2 unspecified atom stereocenters. The largest absolute Gasteiger partial charge is 0.390 e. The van der Waals surface area contributed by atoms with Crippen LogP contribution in [-0.2, 0) is 9.47 Å². The summed E-state index contributed by atoms with van der Waals surface area (Å²) in [6.07, 6.45) is -3.39. The number of ether oxygens (including phenoxy) is 2. The van der Waals surface area contributed by atoms with Gasteiger partial charge in [-0.3, -0.25) is 0 Å². The van der Waals surface area contributed by atoms with Crippen LogP contribution in [0.1, 0.15) is 0 Å². The van der Waals surface area contributed by atoms with Crippen molar-refractivity contribution in [1.29, 1.82) is 0 Å². The van der Waals surface area contributed by atoms with Crippen molar-refractivity contribution < 1.29 is 19.7 Å². The van der Waals surface area contributed by atoms with Gasteiger partial charge >= 0.3 is 0 Å². The van der Waals surface area contributed by atoms with Crippen molar-refractivity contribution in [2.45, 2.75) is 30.6 Å². The molecule has 2 N–H and O–H groups in total. The second kappa shape index (κ2) is 3.13. The normalized spacial score (nSPS) is 48.6. The Balaban J connectivity index is 2.21. The Morgan fingerprint density at radius 2 is 2.15 bits per heavy atom. The maximum atomic E-state index is 9.47. The lowest BCUT2D eigenvalue weighted by molar-refractivity contribution is -0.177. The molecule has 72 valence electrons. The van der Waals surface area contributed by atoms with Gasteiger partial charge in [-0.2, -0.15) is 0 Å². The molecule has 0 aliphatic carbocycles. The average Bonchev–Trinajstić information content (AvgIpc) is 2.56. The summed E-state index contributed by atoms with van der Waals surface area (Å²) < 4.78 is 10.2. The number of azide groups is 1. The topological polar surface area (TPSA) is 108 Å². The summed E-state index contributed by atoms with van der Waals surface area (Å²) in [5.41, 5.74) is 8.20. The molecule has 2 aliphatic rings. The number of fused-ring (bicyclic) bond motifs is 2. The Hall–Kier alpha value is -0.850. The van der Waals surface area contributed by atoms with E-state index in [-0.39, 0.29) is 6.61 Å². The Morgan fingerprint density at radius 3 is 2.85 bits per heavy atom. The first-order valence-electron chi connectivity index (χ1n) is 3.91. The zero-order chi connectivity index (χ0) is 9.42. The molecular formula is C6H9N3O4. The van der Waals surface area contributed by atoms with E-state index in [1.165, 1.54) is 0 Å². The molecule has 0 aromatic rings. The molecule has 2 heterocycles. The smallest absolute Gasteiger partial charge is 0.169 e. The predicted octanol–water partition coefficient (Wildman–Crippen LogP) is -0.858. The molecule has 2 bridgehead atoms. The van der Waals surface area contributed by atoms with Crippen LogP contribution >= 0.6 is 0 Å². The Bertz CT molecular complexity index is 254. The SMILES string of the molecule is [N-]=[N+]=N[C@@H]1C2OC[C@@H](O2)[C@@H](O)C1O. The van der Waals surface area contributed by atoms with Crippen molar-refractivity contribution in [1.82, 2.24) is 0 Å². The monoisotopic (exact) mass is 187 g/mol. The van der Waals surface area contributed by atoms with Gasteiger partial charge in [0.1, 0.15) is 18.2 Å². The Kier molecular flexibility index (Phi) is 2.10. The van der Waals surface area contributed by atoms with E-state index in [1.807, 2.05) is 0 Å². The van der Waals surface area contributed by atoms with Crippen molar-refractivity contribution in [3.8, 4) is 0 Å². The van der Waals surface area contributed by atoms with E-state index in [0.717, 1.165) is 0 Å². The molecule has 0 radical (unpaired) electrons. The highest BCUT2D eigenvalue weighted by Crippen LogP contribution is 2.29. The second-order valence-electron chi connectivity index (χ2n) is 3.05. The van der Waals surface area contributed by atoms with Crippen LogP contribution in [0.25, 0.3) is 10.4 Å². The Morgan fingerprint density at radius 1 is 1.38 bits per heavy atom. The number of aliphatic hydroxyl groups is 2. The highest BCUT2D eigenvalue weighted by atomic mass is 16.7. The molecular weight excluding hydrogens is 178 g/mol. The van der Waals surface area contributed by atoms with Crippen molar-refractivity contribution in [2.24, 2.45) is 5.11 Å². The highest BCUT2D eigenvalue weighted by Gasteiger charge is 2.49. The van der Waals surface area contributed by atoms with Gasteiger partial charge in [-0.05, 0) is 5.53 Å². The van der Waals surface area contributed by atoms with Crippen LogP contribution in [0.2, 0.25) is 0 Å². The zero-order valence-electron chi connectivity index (χ0n) is 6.65. The van der Waals surface area contributed by atoms with Crippen molar-refractivity contribution in [2.75, 3.05) is 6.61 Å². The lowest BCUT2D eigenvalue weighted by Gasteiger charge is -2.32. The van der Waals surface area contributed by atoms with E-state index >= 15 is 0 Å². The quantitative estimate of drug-likeness (QED) is 0.316. The fourth-order valence-corrected chi connectivity index (χ4v) is 1.56. The first-order chi connectivity index (χ1) is 6.24. The van der Waals surface area contributed by atoms with Crippen LogP contribution < -0.4 is 0 Å². The van der Waals surface area contributed by atoms with Gasteiger partial charge in [-0.15, -0.1) is 0 Å². The molecule has 0 amide bonds. The summed E-state index contributed by atoms with van der Waals surface area (Å²) in [6, 6.07) is -0.862. The zero-order valence-corrected chi connectivity index (χ0v) is 6.65. The van der Waals surface area contributed by atoms with Crippen LogP contribution in [0, 0.1) is 0 Å². The molecule has 2 rings (SSSR count). The lowest BCUT2D eigenvalue weighted by atomic mass is 10.00.